The molecule has 0 N–H and O–H groups in total. The van der Waals surface area contributed by atoms with Gasteiger partial charge in [0.2, 0.25) is 0 Å². The maximum Gasteiger partial charge on any atom is 0.162 e. The Morgan fingerprint density at radius 1 is 0.812 bits per heavy atom. The summed E-state index contributed by atoms with van der Waals surface area (Å²) >= 11 is 0. The number of nitrogens with zero attached hydrogens (tertiary/aromatic N) is 4. The van der Waals surface area contributed by atoms with Gasteiger partial charge in [0.05, 0.1) is 5.69 Å². The van der Waals surface area contributed by atoms with E-state index in [4.69, 9.17) is 9.97 Å². The van der Waals surface area contributed by atoms with Crippen molar-refractivity contribution in [2.75, 3.05) is 29.4 Å². The molecule has 5 rings (SSSR count). The molecule has 2 aliphatic rings. The van der Waals surface area contributed by atoms with Gasteiger partial charge in [-0.3, -0.25) is 0 Å². The van der Waals surface area contributed by atoms with Crippen LogP contribution in [0.25, 0.3) is 11.4 Å². The number of rotatable bonds is 3. The largest absolute Gasteiger partial charge is 0.366 e. The third-order valence-corrected chi connectivity index (χ3v) is 7.18. The van der Waals surface area contributed by atoms with Crippen LogP contribution in [0.4, 0.5) is 11.5 Å². The van der Waals surface area contributed by atoms with Crippen LogP contribution in [0, 0.1) is 26.2 Å². The summed E-state index contributed by atoms with van der Waals surface area (Å²) < 4.78 is 0. The van der Waals surface area contributed by atoms with Gasteiger partial charge < -0.3 is 9.80 Å². The molecule has 1 saturated heterocycles. The van der Waals surface area contributed by atoms with Crippen LogP contribution >= 0.6 is 0 Å². The summed E-state index contributed by atoms with van der Waals surface area (Å²) in [5.74, 6) is 2.04. The van der Waals surface area contributed by atoms with Crippen LogP contribution < -0.4 is 9.80 Å². The zero-order valence-corrected chi connectivity index (χ0v) is 20.1. The monoisotopic (exact) mass is 426 g/mol. The van der Waals surface area contributed by atoms with Crippen molar-refractivity contribution in [3.63, 3.8) is 0 Å². The number of para-hydroxylation sites is 1. The zero-order valence-electron chi connectivity index (χ0n) is 20.1. The first-order valence-electron chi connectivity index (χ1n) is 11.8. The minimum absolute atomic E-state index is 0.320. The summed E-state index contributed by atoms with van der Waals surface area (Å²) in [6.45, 7) is 15.3. The molecule has 2 aromatic carbocycles. The van der Waals surface area contributed by atoms with Crippen molar-refractivity contribution in [1.82, 2.24) is 9.97 Å². The van der Waals surface area contributed by atoms with Gasteiger partial charge in [-0.1, -0.05) is 50.2 Å². The molecular formula is C28H34N4. The van der Waals surface area contributed by atoms with Gasteiger partial charge in [0.25, 0.3) is 0 Å². The Kier molecular flexibility index (Phi) is 5.19. The Labute approximate surface area is 192 Å². The smallest absolute Gasteiger partial charge is 0.162 e. The number of fused-ring (bicyclic) bond motifs is 1. The summed E-state index contributed by atoms with van der Waals surface area (Å²) in [4.78, 5) is 15.4. The zero-order chi connectivity index (χ0) is 22.5. The molecule has 0 unspecified atom stereocenters. The highest BCUT2D eigenvalue weighted by Crippen LogP contribution is 2.38. The fourth-order valence-electron chi connectivity index (χ4n) is 5.35. The third kappa shape index (κ3) is 3.76. The summed E-state index contributed by atoms with van der Waals surface area (Å²) in [6.07, 6.45) is 2.15. The molecule has 0 atom stereocenters. The van der Waals surface area contributed by atoms with Crippen molar-refractivity contribution in [1.29, 1.82) is 0 Å². The Morgan fingerprint density at radius 2 is 1.53 bits per heavy atom. The fraction of sp³-hybridized carbons (Fsp3) is 0.429. The molecule has 0 radical (unpaired) electrons. The predicted molar refractivity (Wildman–Crippen MR) is 133 cm³/mol. The van der Waals surface area contributed by atoms with Crippen LogP contribution in [0.1, 0.15) is 48.2 Å². The SMILES string of the molecule is Cc1ccccc1N1CCc2nc(-c3c(C)cccc3C)nc(N3CCC(C)(C)C3)c2C1. The highest BCUT2D eigenvalue weighted by molar-refractivity contribution is 5.68. The van der Waals surface area contributed by atoms with Crippen molar-refractivity contribution in [2.45, 2.75) is 54.0 Å². The molecular weight excluding hydrogens is 392 g/mol. The maximum absolute atomic E-state index is 5.26. The average molecular weight is 427 g/mol. The van der Waals surface area contributed by atoms with Crippen LogP contribution in [0.15, 0.2) is 42.5 Å². The van der Waals surface area contributed by atoms with E-state index in [2.05, 4.69) is 86.9 Å². The lowest BCUT2D eigenvalue weighted by Gasteiger charge is -2.34. The molecule has 1 aromatic heterocycles. The summed E-state index contributed by atoms with van der Waals surface area (Å²) in [6, 6.07) is 15.2. The molecule has 0 spiro atoms. The van der Waals surface area contributed by atoms with E-state index in [1.54, 1.807) is 0 Å². The lowest BCUT2D eigenvalue weighted by atomic mass is 9.93. The standard InChI is InChI=1S/C28H34N4/c1-19-9-6-7-12-24(19)31-15-13-23-22(17-31)27(32-16-14-28(4,5)18-32)30-26(29-23)25-20(2)10-8-11-21(25)3/h6-12H,13-18H2,1-5H3. The number of benzene rings is 2. The Balaban J connectivity index is 1.62. The molecule has 1 fully saturated rings. The fourth-order valence-corrected chi connectivity index (χ4v) is 5.35. The molecule has 0 bridgehead atoms. The van der Waals surface area contributed by atoms with Gasteiger partial charge in [-0.2, -0.15) is 0 Å². The molecule has 3 aromatic rings. The van der Waals surface area contributed by atoms with E-state index in [0.29, 0.717) is 5.41 Å². The molecule has 0 aliphatic carbocycles. The minimum Gasteiger partial charge on any atom is -0.366 e. The van der Waals surface area contributed by atoms with Gasteiger partial charge >= 0.3 is 0 Å². The lowest BCUT2D eigenvalue weighted by Crippen LogP contribution is -2.34. The van der Waals surface area contributed by atoms with E-state index < -0.39 is 0 Å². The Hall–Kier alpha value is -2.88. The molecule has 2 aliphatic heterocycles. The van der Waals surface area contributed by atoms with Crippen LogP contribution in [0.2, 0.25) is 0 Å². The number of aromatic nitrogens is 2. The topological polar surface area (TPSA) is 32.3 Å². The van der Waals surface area contributed by atoms with Gasteiger partial charge in [0.1, 0.15) is 5.82 Å². The van der Waals surface area contributed by atoms with E-state index in [0.717, 1.165) is 44.2 Å². The second-order valence-electron chi connectivity index (χ2n) is 10.4. The second-order valence-corrected chi connectivity index (χ2v) is 10.4. The third-order valence-electron chi connectivity index (χ3n) is 7.18. The second kappa shape index (κ2) is 7.91. The first-order chi connectivity index (χ1) is 15.3. The number of hydrogen-bond acceptors (Lipinski definition) is 4. The quantitative estimate of drug-likeness (QED) is 0.524. The summed E-state index contributed by atoms with van der Waals surface area (Å²) in [5.41, 5.74) is 9.19. The van der Waals surface area contributed by atoms with E-state index in [-0.39, 0.29) is 0 Å². The van der Waals surface area contributed by atoms with E-state index in [1.165, 1.54) is 45.6 Å². The van der Waals surface area contributed by atoms with Crippen molar-refractivity contribution >= 4 is 11.5 Å². The first kappa shape index (κ1) is 21.0. The van der Waals surface area contributed by atoms with Crippen LogP contribution in [-0.2, 0) is 13.0 Å². The van der Waals surface area contributed by atoms with Crippen LogP contribution in [0.3, 0.4) is 0 Å². The predicted octanol–water partition coefficient (Wildman–Crippen LogP) is 5.87. The van der Waals surface area contributed by atoms with Crippen molar-refractivity contribution in [3.8, 4) is 11.4 Å². The minimum atomic E-state index is 0.320. The van der Waals surface area contributed by atoms with Crippen molar-refractivity contribution in [2.24, 2.45) is 5.41 Å². The molecule has 0 saturated carbocycles. The highest BCUT2D eigenvalue weighted by atomic mass is 15.2. The lowest BCUT2D eigenvalue weighted by molar-refractivity contribution is 0.418. The number of anilines is 2. The average Bonchev–Trinajstić information content (AvgIpc) is 3.12. The normalized spacial score (nSPS) is 17.5. The molecule has 166 valence electrons. The van der Waals surface area contributed by atoms with Gasteiger partial charge in [0.15, 0.2) is 5.82 Å². The van der Waals surface area contributed by atoms with E-state index in [1.807, 2.05) is 0 Å². The molecule has 4 heteroatoms. The Morgan fingerprint density at radius 3 is 2.22 bits per heavy atom. The van der Waals surface area contributed by atoms with Gasteiger partial charge in [0, 0.05) is 49.4 Å². The number of aryl methyl sites for hydroxylation is 3. The van der Waals surface area contributed by atoms with Gasteiger partial charge in [-0.25, -0.2) is 9.97 Å². The first-order valence-corrected chi connectivity index (χ1v) is 11.8. The van der Waals surface area contributed by atoms with Gasteiger partial charge in [-0.15, -0.1) is 0 Å². The maximum atomic E-state index is 5.26. The summed E-state index contributed by atoms with van der Waals surface area (Å²) in [5, 5.41) is 0. The van der Waals surface area contributed by atoms with E-state index in [9.17, 15) is 0 Å². The van der Waals surface area contributed by atoms with E-state index >= 15 is 0 Å². The highest BCUT2D eigenvalue weighted by Gasteiger charge is 2.34. The van der Waals surface area contributed by atoms with Crippen LogP contribution in [-0.4, -0.2) is 29.6 Å². The van der Waals surface area contributed by atoms with Crippen molar-refractivity contribution in [3.05, 3.63) is 70.4 Å². The molecule has 0 amide bonds. The van der Waals surface area contributed by atoms with Crippen LogP contribution in [0.5, 0.6) is 0 Å². The molecule has 32 heavy (non-hydrogen) atoms. The molecule has 3 heterocycles. The van der Waals surface area contributed by atoms with Gasteiger partial charge in [-0.05, 0) is 55.4 Å². The Bertz CT molecular complexity index is 1140. The van der Waals surface area contributed by atoms with Crippen molar-refractivity contribution < 1.29 is 0 Å². The summed E-state index contributed by atoms with van der Waals surface area (Å²) in [7, 11) is 0. The number of hydrogen-bond donors (Lipinski definition) is 0. The molecule has 4 nitrogen and oxygen atoms in total.